The van der Waals surface area contributed by atoms with Crippen LogP contribution in [-0.4, -0.2) is 43.8 Å². The Hall–Kier alpha value is -3.46. The number of benzene rings is 2. The Morgan fingerprint density at radius 2 is 1.87 bits per heavy atom. The van der Waals surface area contributed by atoms with Crippen LogP contribution in [0.4, 0.5) is 5.69 Å². The van der Waals surface area contributed by atoms with Gasteiger partial charge in [0.25, 0.3) is 0 Å². The molecule has 9 heteroatoms. The third-order valence-corrected chi connectivity index (χ3v) is 5.35. The minimum Gasteiger partial charge on any atom is -0.462 e. The van der Waals surface area contributed by atoms with E-state index in [9.17, 15) is 9.59 Å². The molecule has 0 spiro atoms. The fourth-order valence-corrected chi connectivity index (χ4v) is 3.86. The third kappa shape index (κ3) is 3.84. The zero-order chi connectivity index (χ0) is 21.1. The quantitative estimate of drug-likeness (QED) is 0.376. The normalized spacial score (nSPS) is 11.0. The summed E-state index contributed by atoms with van der Waals surface area (Å²) < 4.78 is 6.98. The fourth-order valence-electron chi connectivity index (χ4n) is 3.09. The molecule has 4 aromatic rings. The standard InChI is InChI=1S/C21H19N5O3S/c1-3-29-21(28)14-8-4-5-9-15(14)22-18(27)12-30-20-19-25-24-13(2)26(19)17-11-7-6-10-16(17)23-20/h4-11H,3,12H2,1-2H3,(H,22,27). The Kier molecular flexibility index (Phi) is 5.62. The van der Waals surface area contributed by atoms with Gasteiger partial charge in [0.1, 0.15) is 10.9 Å². The lowest BCUT2D eigenvalue weighted by Crippen LogP contribution is -2.17. The van der Waals surface area contributed by atoms with Crippen molar-refractivity contribution in [2.24, 2.45) is 0 Å². The lowest BCUT2D eigenvalue weighted by molar-refractivity contribution is -0.113. The molecule has 2 heterocycles. The van der Waals surface area contributed by atoms with Crippen molar-refractivity contribution >= 4 is 46.0 Å². The minimum absolute atomic E-state index is 0.101. The number of esters is 1. The van der Waals surface area contributed by atoms with Crippen LogP contribution < -0.4 is 5.32 Å². The molecule has 0 unspecified atom stereocenters. The Labute approximate surface area is 176 Å². The summed E-state index contributed by atoms with van der Waals surface area (Å²) in [6, 6.07) is 14.5. The molecule has 0 atom stereocenters. The van der Waals surface area contributed by atoms with Crippen LogP contribution >= 0.6 is 11.8 Å². The van der Waals surface area contributed by atoms with Gasteiger partial charge in [-0.15, -0.1) is 10.2 Å². The summed E-state index contributed by atoms with van der Waals surface area (Å²) in [6.45, 7) is 3.87. The number of hydrogen-bond donors (Lipinski definition) is 1. The lowest BCUT2D eigenvalue weighted by Gasteiger charge is -2.10. The highest BCUT2D eigenvalue weighted by atomic mass is 32.2. The Morgan fingerprint density at radius 3 is 2.70 bits per heavy atom. The molecule has 152 valence electrons. The molecule has 0 saturated carbocycles. The van der Waals surface area contributed by atoms with Crippen LogP contribution in [0.25, 0.3) is 16.7 Å². The number of amides is 1. The molecule has 8 nitrogen and oxygen atoms in total. The highest BCUT2D eigenvalue weighted by molar-refractivity contribution is 8.00. The van der Waals surface area contributed by atoms with Gasteiger partial charge in [-0.1, -0.05) is 36.0 Å². The van der Waals surface area contributed by atoms with Crippen molar-refractivity contribution in [1.82, 2.24) is 19.6 Å². The van der Waals surface area contributed by atoms with Gasteiger partial charge >= 0.3 is 5.97 Å². The molecule has 0 aliphatic carbocycles. The van der Waals surface area contributed by atoms with Crippen LogP contribution in [0.1, 0.15) is 23.1 Å². The number of rotatable bonds is 6. The van der Waals surface area contributed by atoms with E-state index in [2.05, 4.69) is 20.5 Å². The number of hydrogen-bond acceptors (Lipinski definition) is 7. The van der Waals surface area contributed by atoms with E-state index in [1.54, 1.807) is 31.2 Å². The first-order valence-electron chi connectivity index (χ1n) is 9.37. The summed E-state index contributed by atoms with van der Waals surface area (Å²) in [5.74, 6) is 0.113. The lowest BCUT2D eigenvalue weighted by atomic mass is 10.2. The van der Waals surface area contributed by atoms with Crippen molar-refractivity contribution in [2.45, 2.75) is 18.9 Å². The van der Waals surface area contributed by atoms with Gasteiger partial charge in [0.2, 0.25) is 5.91 Å². The highest BCUT2D eigenvalue weighted by Crippen LogP contribution is 2.26. The number of aryl methyl sites for hydroxylation is 1. The SMILES string of the molecule is CCOC(=O)c1ccccc1NC(=O)CSc1nc2ccccc2n2c(C)nnc12. The summed E-state index contributed by atoms with van der Waals surface area (Å²) in [5, 5.41) is 11.8. The van der Waals surface area contributed by atoms with Crippen LogP contribution in [0.5, 0.6) is 0 Å². The molecule has 30 heavy (non-hydrogen) atoms. The molecule has 0 fully saturated rings. The molecule has 0 aliphatic rings. The van der Waals surface area contributed by atoms with Crippen molar-refractivity contribution in [3.8, 4) is 0 Å². The Morgan fingerprint density at radius 1 is 1.10 bits per heavy atom. The second kappa shape index (κ2) is 8.50. The molecule has 2 aromatic heterocycles. The molecule has 2 aromatic carbocycles. The molecule has 1 N–H and O–H groups in total. The van der Waals surface area contributed by atoms with Gasteiger partial charge in [-0.3, -0.25) is 9.20 Å². The van der Waals surface area contributed by atoms with Gasteiger partial charge in [-0.05, 0) is 38.1 Å². The Balaban J connectivity index is 1.55. The van der Waals surface area contributed by atoms with E-state index < -0.39 is 5.97 Å². The van der Waals surface area contributed by atoms with E-state index in [1.165, 1.54) is 11.8 Å². The third-order valence-electron chi connectivity index (χ3n) is 4.40. The van der Waals surface area contributed by atoms with E-state index in [1.807, 2.05) is 35.6 Å². The van der Waals surface area contributed by atoms with Gasteiger partial charge in [-0.25, -0.2) is 9.78 Å². The summed E-state index contributed by atoms with van der Waals surface area (Å²) in [5.41, 5.74) is 3.04. The van der Waals surface area contributed by atoms with Crippen LogP contribution in [0.3, 0.4) is 0 Å². The van der Waals surface area contributed by atoms with E-state index >= 15 is 0 Å². The number of nitrogens with one attached hydrogen (secondary N) is 1. The number of carbonyl (C=O) groups is 2. The topological polar surface area (TPSA) is 98.5 Å². The molecular formula is C21H19N5O3S. The number of aromatic nitrogens is 4. The number of fused-ring (bicyclic) bond motifs is 3. The molecule has 4 rings (SSSR count). The molecule has 0 bridgehead atoms. The zero-order valence-electron chi connectivity index (χ0n) is 16.5. The number of para-hydroxylation sites is 3. The van der Waals surface area contributed by atoms with Crippen molar-refractivity contribution < 1.29 is 14.3 Å². The average molecular weight is 421 g/mol. The van der Waals surface area contributed by atoms with Crippen LogP contribution in [0.2, 0.25) is 0 Å². The zero-order valence-corrected chi connectivity index (χ0v) is 17.3. The van der Waals surface area contributed by atoms with Crippen molar-refractivity contribution in [3.05, 3.63) is 59.9 Å². The molecule has 0 saturated heterocycles. The maximum Gasteiger partial charge on any atom is 0.340 e. The maximum atomic E-state index is 12.6. The second-order valence-electron chi connectivity index (χ2n) is 6.41. The molecule has 0 aliphatic heterocycles. The second-order valence-corrected chi connectivity index (χ2v) is 7.38. The predicted octanol–water partition coefficient (Wildman–Crippen LogP) is 3.49. The molecular weight excluding hydrogens is 402 g/mol. The average Bonchev–Trinajstić information content (AvgIpc) is 3.15. The first-order valence-corrected chi connectivity index (χ1v) is 10.4. The smallest absolute Gasteiger partial charge is 0.340 e. The summed E-state index contributed by atoms with van der Waals surface area (Å²) in [6.07, 6.45) is 0. The highest BCUT2D eigenvalue weighted by Gasteiger charge is 2.17. The van der Waals surface area contributed by atoms with Gasteiger partial charge < -0.3 is 10.1 Å². The number of nitrogens with zero attached hydrogens (tertiary/aromatic N) is 4. The first kappa shape index (κ1) is 19.8. The maximum absolute atomic E-state index is 12.6. The largest absolute Gasteiger partial charge is 0.462 e. The monoisotopic (exact) mass is 421 g/mol. The van der Waals surface area contributed by atoms with Crippen LogP contribution in [-0.2, 0) is 9.53 Å². The van der Waals surface area contributed by atoms with E-state index in [0.29, 0.717) is 21.9 Å². The summed E-state index contributed by atoms with van der Waals surface area (Å²) >= 11 is 1.27. The van der Waals surface area contributed by atoms with E-state index in [4.69, 9.17) is 4.74 Å². The van der Waals surface area contributed by atoms with Gasteiger partial charge in [0.05, 0.1) is 34.6 Å². The van der Waals surface area contributed by atoms with Gasteiger partial charge in [0, 0.05) is 0 Å². The van der Waals surface area contributed by atoms with Crippen LogP contribution in [0.15, 0.2) is 53.6 Å². The Bertz CT molecular complexity index is 1250. The van der Waals surface area contributed by atoms with E-state index in [0.717, 1.165) is 16.9 Å². The van der Waals surface area contributed by atoms with Gasteiger partial charge in [-0.2, -0.15) is 0 Å². The predicted molar refractivity (Wildman–Crippen MR) is 115 cm³/mol. The number of thioether (sulfide) groups is 1. The number of ether oxygens (including phenoxy) is 1. The fraction of sp³-hybridized carbons (Fsp3) is 0.190. The minimum atomic E-state index is -0.474. The molecule has 1 amide bonds. The van der Waals surface area contributed by atoms with Crippen molar-refractivity contribution in [1.29, 1.82) is 0 Å². The molecule has 0 radical (unpaired) electrons. The van der Waals surface area contributed by atoms with Crippen molar-refractivity contribution in [3.63, 3.8) is 0 Å². The van der Waals surface area contributed by atoms with E-state index in [-0.39, 0.29) is 18.3 Å². The number of carbonyl (C=O) groups excluding carboxylic acids is 2. The van der Waals surface area contributed by atoms with Crippen LogP contribution in [0, 0.1) is 6.92 Å². The van der Waals surface area contributed by atoms with Crippen molar-refractivity contribution in [2.75, 3.05) is 17.7 Å². The summed E-state index contributed by atoms with van der Waals surface area (Å²) in [7, 11) is 0. The first-order chi connectivity index (χ1) is 14.6. The summed E-state index contributed by atoms with van der Waals surface area (Å²) in [4.78, 5) is 29.3. The number of anilines is 1. The van der Waals surface area contributed by atoms with Gasteiger partial charge in [0.15, 0.2) is 5.65 Å².